The second-order valence-corrected chi connectivity index (χ2v) is 5.97. The van der Waals surface area contributed by atoms with Crippen molar-refractivity contribution in [3.63, 3.8) is 0 Å². The summed E-state index contributed by atoms with van der Waals surface area (Å²) >= 11 is 13.4. The van der Waals surface area contributed by atoms with Gasteiger partial charge in [-0.2, -0.15) is 0 Å². The topological polar surface area (TPSA) is 54.0 Å². The van der Waals surface area contributed by atoms with Gasteiger partial charge in [0.1, 0.15) is 10.7 Å². The number of thiazole rings is 1. The van der Waals surface area contributed by atoms with E-state index in [1.165, 1.54) is 11.3 Å². The number of aromatic nitrogens is 1. The maximum Gasteiger partial charge on any atom is 0.270 e. The predicted molar refractivity (Wildman–Crippen MR) is 103 cm³/mol. The number of hydrogen-bond donors (Lipinski definition) is 2. The highest BCUT2D eigenvalue weighted by Crippen LogP contribution is 2.32. The van der Waals surface area contributed by atoms with Gasteiger partial charge in [0.25, 0.3) is 5.91 Å². The van der Waals surface area contributed by atoms with Gasteiger partial charge in [0.2, 0.25) is 0 Å². The zero-order chi connectivity index (χ0) is 15.2. The van der Waals surface area contributed by atoms with Crippen molar-refractivity contribution in [2.75, 3.05) is 19.6 Å². The standard InChI is InChI=1S/C14H15Cl2N3OS.2ClH/c1-2-17-5-6-18-13(20)12-8-21-14(19-12)10-4-3-9(15)7-11(10)16;;/h3-4,7-8,17H,2,5-6H2,1H3,(H,18,20);2*1H. The van der Waals surface area contributed by atoms with Gasteiger partial charge in [-0.1, -0.05) is 30.1 Å². The Morgan fingerprint density at radius 3 is 2.65 bits per heavy atom. The van der Waals surface area contributed by atoms with Gasteiger partial charge < -0.3 is 10.6 Å². The van der Waals surface area contributed by atoms with Crippen LogP contribution in [0, 0.1) is 0 Å². The number of hydrogen-bond acceptors (Lipinski definition) is 4. The van der Waals surface area contributed by atoms with Crippen LogP contribution in [0.15, 0.2) is 23.6 Å². The molecule has 0 fully saturated rings. The first-order valence-electron chi connectivity index (χ1n) is 6.51. The minimum absolute atomic E-state index is 0. The number of carbonyl (C=O) groups is 1. The van der Waals surface area contributed by atoms with Crippen molar-refractivity contribution in [3.05, 3.63) is 39.3 Å². The molecule has 1 aromatic carbocycles. The predicted octanol–water partition coefficient (Wildman–Crippen LogP) is 4.30. The molecule has 0 atom stereocenters. The Balaban J connectivity index is 0.00000242. The number of likely N-dealkylation sites (N-methyl/N-ethyl adjacent to an activating group) is 1. The van der Waals surface area contributed by atoms with E-state index in [9.17, 15) is 4.79 Å². The monoisotopic (exact) mass is 415 g/mol. The Morgan fingerprint density at radius 1 is 1.26 bits per heavy atom. The Kier molecular flexibility index (Phi) is 10.8. The van der Waals surface area contributed by atoms with E-state index in [2.05, 4.69) is 15.6 Å². The Labute approximate surface area is 161 Å². The van der Waals surface area contributed by atoms with Crippen molar-refractivity contribution in [2.45, 2.75) is 6.92 Å². The van der Waals surface area contributed by atoms with E-state index in [4.69, 9.17) is 23.2 Å². The molecule has 0 saturated carbocycles. The molecule has 0 bridgehead atoms. The molecule has 1 aromatic heterocycles. The van der Waals surface area contributed by atoms with Crippen molar-refractivity contribution in [1.82, 2.24) is 15.6 Å². The molecule has 0 spiro atoms. The number of amides is 1. The highest BCUT2D eigenvalue weighted by atomic mass is 35.5. The van der Waals surface area contributed by atoms with Gasteiger partial charge >= 0.3 is 0 Å². The molecule has 2 rings (SSSR count). The normalized spacial score (nSPS) is 9.70. The highest BCUT2D eigenvalue weighted by Gasteiger charge is 2.13. The van der Waals surface area contributed by atoms with E-state index in [-0.39, 0.29) is 30.7 Å². The molecule has 0 aliphatic rings. The third-order valence-corrected chi connectivity index (χ3v) is 4.16. The lowest BCUT2D eigenvalue weighted by Crippen LogP contribution is -2.31. The maximum absolute atomic E-state index is 11.9. The van der Waals surface area contributed by atoms with Crippen LogP contribution in [0.5, 0.6) is 0 Å². The van der Waals surface area contributed by atoms with Crippen molar-refractivity contribution in [3.8, 4) is 10.6 Å². The fraction of sp³-hybridized carbons (Fsp3) is 0.286. The van der Waals surface area contributed by atoms with Crippen LogP contribution in [0.4, 0.5) is 0 Å². The average Bonchev–Trinajstić information content (AvgIpc) is 2.93. The quantitative estimate of drug-likeness (QED) is 0.690. The lowest BCUT2D eigenvalue weighted by Gasteiger charge is -2.03. The number of benzene rings is 1. The van der Waals surface area contributed by atoms with Crippen LogP contribution in [0.2, 0.25) is 10.0 Å². The van der Waals surface area contributed by atoms with E-state index in [0.717, 1.165) is 18.7 Å². The minimum Gasteiger partial charge on any atom is -0.349 e. The summed E-state index contributed by atoms with van der Waals surface area (Å²) < 4.78 is 0. The fourth-order valence-electron chi connectivity index (χ4n) is 1.70. The SMILES string of the molecule is CCNCCNC(=O)c1csc(-c2ccc(Cl)cc2Cl)n1.Cl.Cl. The molecule has 2 aromatic rings. The zero-order valence-electron chi connectivity index (χ0n) is 12.3. The number of nitrogens with zero attached hydrogens (tertiary/aromatic N) is 1. The summed E-state index contributed by atoms with van der Waals surface area (Å²) in [6, 6.07) is 5.21. The van der Waals surface area contributed by atoms with Crippen molar-refractivity contribution >= 4 is 65.3 Å². The lowest BCUT2D eigenvalue weighted by molar-refractivity contribution is 0.0950. The summed E-state index contributed by atoms with van der Waals surface area (Å²) in [5, 5.41) is 9.47. The van der Waals surface area contributed by atoms with Gasteiger partial charge in [-0.15, -0.1) is 36.2 Å². The van der Waals surface area contributed by atoms with Gasteiger partial charge in [0, 0.05) is 29.1 Å². The first-order valence-corrected chi connectivity index (χ1v) is 8.15. The largest absolute Gasteiger partial charge is 0.349 e. The molecule has 0 radical (unpaired) electrons. The number of rotatable bonds is 6. The molecule has 9 heteroatoms. The molecule has 1 amide bonds. The van der Waals surface area contributed by atoms with Crippen LogP contribution in [-0.4, -0.2) is 30.5 Å². The first kappa shape index (κ1) is 22.4. The minimum atomic E-state index is -0.180. The second kappa shape index (κ2) is 11.1. The van der Waals surface area contributed by atoms with Gasteiger partial charge in [0.05, 0.1) is 5.02 Å². The van der Waals surface area contributed by atoms with Crippen LogP contribution < -0.4 is 10.6 Å². The van der Waals surface area contributed by atoms with Crippen molar-refractivity contribution in [1.29, 1.82) is 0 Å². The summed E-state index contributed by atoms with van der Waals surface area (Å²) in [7, 11) is 0. The molecule has 0 aliphatic heterocycles. The highest BCUT2D eigenvalue weighted by molar-refractivity contribution is 7.13. The molecule has 0 aliphatic carbocycles. The molecule has 0 unspecified atom stereocenters. The number of nitrogens with one attached hydrogen (secondary N) is 2. The number of halogens is 4. The lowest BCUT2D eigenvalue weighted by atomic mass is 10.2. The molecule has 2 N–H and O–H groups in total. The van der Waals surface area contributed by atoms with Crippen LogP contribution in [-0.2, 0) is 0 Å². The van der Waals surface area contributed by atoms with E-state index in [0.29, 0.717) is 27.3 Å². The van der Waals surface area contributed by atoms with Crippen LogP contribution in [0.25, 0.3) is 10.6 Å². The first-order chi connectivity index (χ1) is 10.1. The molecule has 0 saturated heterocycles. The maximum atomic E-state index is 11.9. The summed E-state index contributed by atoms with van der Waals surface area (Å²) in [5.74, 6) is -0.180. The van der Waals surface area contributed by atoms with Crippen LogP contribution in [0.3, 0.4) is 0 Å². The Bertz CT molecular complexity index is 636. The summed E-state index contributed by atoms with van der Waals surface area (Å²) in [5.41, 5.74) is 1.18. The molecule has 4 nitrogen and oxygen atoms in total. The fourth-order valence-corrected chi connectivity index (χ4v) is 3.09. The zero-order valence-corrected chi connectivity index (χ0v) is 16.2. The smallest absolute Gasteiger partial charge is 0.270 e. The second-order valence-electron chi connectivity index (χ2n) is 4.27. The van der Waals surface area contributed by atoms with E-state index in [1.807, 2.05) is 6.92 Å². The summed E-state index contributed by atoms with van der Waals surface area (Å²) in [6.45, 7) is 4.21. The van der Waals surface area contributed by atoms with E-state index >= 15 is 0 Å². The van der Waals surface area contributed by atoms with Gasteiger partial charge in [-0.05, 0) is 24.7 Å². The Hall–Kier alpha value is -0.560. The summed E-state index contributed by atoms with van der Waals surface area (Å²) in [4.78, 5) is 16.3. The third kappa shape index (κ3) is 6.45. The van der Waals surface area contributed by atoms with Crippen molar-refractivity contribution in [2.24, 2.45) is 0 Å². The van der Waals surface area contributed by atoms with E-state index < -0.39 is 0 Å². The van der Waals surface area contributed by atoms with Crippen LogP contribution in [0.1, 0.15) is 17.4 Å². The average molecular weight is 417 g/mol. The molecular formula is C14H17Cl4N3OS. The third-order valence-electron chi connectivity index (χ3n) is 2.74. The van der Waals surface area contributed by atoms with Crippen molar-refractivity contribution < 1.29 is 4.79 Å². The Morgan fingerprint density at radius 2 is 2.00 bits per heavy atom. The molecular weight excluding hydrogens is 400 g/mol. The molecule has 1 heterocycles. The number of carbonyl (C=O) groups excluding carboxylic acids is 1. The van der Waals surface area contributed by atoms with Gasteiger partial charge in [-0.3, -0.25) is 4.79 Å². The molecule has 128 valence electrons. The molecule has 23 heavy (non-hydrogen) atoms. The van der Waals surface area contributed by atoms with Gasteiger partial charge in [0.15, 0.2) is 0 Å². The van der Waals surface area contributed by atoms with Gasteiger partial charge in [-0.25, -0.2) is 4.98 Å². The summed E-state index contributed by atoms with van der Waals surface area (Å²) in [6.07, 6.45) is 0. The van der Waals surface area contributed by atoms with E-state index in [1.54, 1.807) is 23.6 Å². The van der Waals surface area contributed by atoms with Crippen LogP contribution >= 0.6 is 59.4 Å².